The summed E-state index contributed by atoms with van der Waals surface area (Å²) < 4.78 is 38.9. The van der Waals surface area contributed by atoms with Crippen molar-refractivity contribution in [2.45, 2.75) is 44.9 Å². The molecule has 1 fully saturated rings. The van der Waals surface area contributed by atoms with Gasteiger partial charge >= 0.3 is 6.18 Å². The van der Waals surface area contributed by atoms with E-state index in [4.69, 9.17) is 5.73 Å². The van der Waals surface area contributed by atoms with Gasteiger partial charge in [0.2, 0.25) is 0 Å². The summed E-state index contributed by atoms with van der Waals surface area (Å²) in [7, 11) is 0. The van der Waals surface area contributed by atoms with Crippen molar-refractivity contribution in [2.24, 2.45) is 17.6 Å². The quantitative estimate of drug-likeness (QED) is 0.844. The van der Waals surface area contributed by atoms with Crippen LogP contribution in [0.25, 0.3) is 0 Å². The molecule has 1 heterocycles. The molecule has 0 aromatic carbocycles. The number of hydrogen-bond acceptors (Lipinski definition) is 2. The summed E-state index contributed by atoms with van der Waals surface area (Å²) in [6, 6.07) is 0.735. The SMILES string of the molecule is CC1CC(C)C(n2ccc(C(F)(F)F)n2)C(N)C1. The van der Waals surface area contributed by atoms with Gasteiger partial charge in [-0.05, 0) is 30.7 Å². The van der Waals surface area contributed by atoms with E-state index in [9.17, 15) is 13.2 Å². The molecule has 1 aliphatic rings. The van der Waals surface area contributed by atoms with Gasteiger partial charge in [0, 0.05) is 12.2 Å². The van der Waals surface area contributed by atoms with Crippen molar-refractivity contribution < 1.29 is 13.2 Å². The Kier molecular flexibility index (Phi) is 3.40. The highest BCUT2D eigenvalue weighted by atomic mass is 19.4. The standard InChI is InChI=1S/C12H18F3N3/c1-7-5-8(2)11(9(16)6-7)18-4-3-10(17-18)12(13,14)15/h3-4,7-9,11H,5-6,16H2,1-2H3. The molecule has 4 unspecified atom stereocenters. The highest BCUT2D eigenvalue weighted by molar-refractivity contribution is 5.05. The summed E-state index contributed by atoms with van der Waals surface area (Å²) in [5.74, 6) is 0.758. The number of halogens is 3. The Morgan fingerprint density at radius 1 is 1.33 bits per heavy atom. The van der Waals surface area contributed by atoms with E-state index in [1.807, 2.05) is 6.92 Å². The molecule has 2 rings (SSSR count). The first kappa shape index (κ1) is 13.4. The third-order valence-corrected chi connectivity index (χ3v) is 3.67. The molecule has 1 aromatic heterocycles. The molecule has 0 saturated heterocycles. The lowest BCUT2D eigenvalue weighted by Crippen LogP contribution is -2.42. The summed E-state index contributed by atoms with van der Waals surface area (Å²) in [5, 5.41) is 3.64. The molecule has 18 heavy (non-hydrogen) atoms. The number of rotatable bonds is 1. The summed E-state index contributed by atoms with van der Waals surface area (Å²) >= 11 is 0. The zero-order chi connectivity index (χ0) is 13.5. The molecule has 6 heteroatoms. The zero-order valence-corrected chi connectivity index (χ0v) is 10.5. The highest BCUT2D eigenvalue weighted by Gasteiger charge is 2.37. The summed E-state index contributed by atoms with van der Waals surface area (Å²) in [6.45, 7) is 4.14. The van der Waals surface area contributed by atoms with Gasteiger partial charge in [-0.15, -0.1) is 0 Å². The lowest BCUT2D eigenvalue weighted by atomic mass is 9.77. The average molecular weight is 261 g/mol. The fourth-order valence-corrected chi connectivity index (χ4v) is 3.01. The van der Waals surface area contributed by atoms with Crippen LogP contribution in [-0.4, -0.2) is 15.8 Å². The van der Waals surface area contributed by atoms with Crippen LogP contribution in [0.2, 0.25) is 0 Å². The predicted octanol–water partition coefficient (Wildman–Crippen LogP) is 2.84. The van der Waals surface area contributed by atoms with E-state index in [1.165, 1.54) is 10.9 Å². The second-order valence-electron chi connectivity index (χ2n) is 5.39. The van der Waals surface area contributed by atoms with E-state index in [-0.39, 0.29) is 18.0 Å². The maximum Gasteiger partial charge on any atom is 0.435 e. The topological polar surface area (TPSA) is 43.8 Å². The maximum atomic E-state index is 12.5. The summed E-state index contributed by atoms with van der Waals surface area (Å²) in [4.78, 5) is 0. The van der Waals surface area contributed by atoms with E-state index in [1.54, 1.807) is 0 Å². The molecule has 0 radical (unpaired) electrons. The van der Waals surface area contributed by atoms with Crippen LogP contribution in [0.1, 0.15) is 38.4 Å². The van der Waals surface area contributed by atoms with Crippen LogP contribution in [0.15, 0.2) is 12.3 Å². The fraction of sp³-hybridized carbons (Fsp3) is 0.750. The van der Waals surface area contributed by atoms with E-state index in [2.05, 4.69) is 12.0 Å². The first-order chi connectivity index (χ1) is 8.29. The van der Waals surface area contributed by atoms with Gasteiger partial charge in [-0.1, -0.05) is 13.8 Å². The highest BCUT2D eigenvalue weighted by Crippen LogP contribution is 2.36. The van der Waals surface area contributed by atoms with Gasteiger partial charge in [0.05, 0.1) is 6.04 Å². The van der Waals surface area contributed by atoms with E-state index in [0.29, 0.717) is 5.92 Å². The monoisotopic (exact) mass is 261 g/mol. The molecule has 1 aliphatic carbocycles. The maximum absolute atomic E-state index is 12.5. The Morgan fingerprint density at radius 3 is 2.50 bits per heavy atom. The third kappa shape index (κ3) is 2.53. The largest absolute Gasteiger partial charge is 0.435 e. The number of nitrogens with zero attached hydrogens (tertiary/aromatic N) is 2. The lowest BCUT2D eigenvalue weighted by molar-refractivity contribution is -0.141. The van der Waals surface area contributed by atoms with Gasteiger partial charge in [0.25, 0.3) is 0 Å². The first-order valence-electron chi connectivity index (χ1n) is 6.17. The van der Waals surface area contributed by atoms with E-state index < -0.39 is 11.9 Å². The van der Waals surface area contributed by atoms with Crippen LogP contribution in [0.3, 0.4) is 0 Å². The van der Waals surface area contributed by atoms with Crippen LogP contribution < -0.4 is 5.73 Å². The molecule has 0 spiro atoms. The van der Waals surface area contributed by atoms with Crippen molar-refractivity contribution >= 4 is 0 Å². The number of aromatic nitrogens is 2. The van der Waals surface area contributed by atoms with Gasteiger partial charge < -0.3 is 5.73 Å². The van der Waals surface area contributed by atoms with Crippen molar-refractivity contribution in [1.29, 1.82) is 0 Å². The normalized spacial score (nSPS) is 33.7. The molecule has 1 aromatic rings. The minimum atomic E-state index is -4.39. The Hall–Kier alpha value is -1.04. The van der Waals surface area contributed by atoms with Gasteiger partial charge in [0.15, 0.2) is 5.69 Å². The van der Waals surface area contributed by atoms with Crippen LogP contribution in [0.4, 0.5) is 13.2 Å². The fourth-order valence-electron chi connectivity index (χ4n) is 3.01. The molecule has 0 aliphatic heterocycles. The zero-order valence-electron chi connectivity index (χ0n) is 10.5. The first-order valence-corrected chi connectivity index (χ1v) is 6.17. The van der Waals surface area contributed by atoms with E-state index in [0.717, 1.165) is 18.9 Å². The molecule has 0 bridgehead atoms. The number of alkyl halides is 3. The number of nitrogens with two attached hydrogens (primary N) is 1. The molecular weight excluding hydrogens is 243 g/mol. The average Bonchev–Trinajstić information content (AvgIpc) is 2.64. The molecule has 1 saturated carbocycles. The van der Waals surface area contributed by atoms with Gasteiger partial charge in [-0.2, -0.15) is 18.3 Å². The van der Waals surface area contributed by atoms with Crippen molar-refractivity contribution in [3.8, 4) is 0 Å². The molecule has 4 atom stereocenters. The number of hydrogen-bond donors (Lipinski definition) is 1. The minimum absolute atomic E-state index is 0.135. The Morgan fingerprint density at radius 2 is 2.00 bits per heavy atom. The smallest absolute Gasteiger partial charge is 0.326 e. The summed E-state index contributed by atoms with van der Waals surface area (Å²) in [6.07, 6.45) is -1.20. The predicted molar refractivity (Wildman–Crippen MR) is 61.8 cm³/mol. The minimum Gasteiger partial charge on any atom is -0.326 e. The molecule has 2 N–H and O–H groups in total. The lowest BCUT2D eigenvalue weighted by Gasteiger charge is -2.37. The van der Waals surface area contributed by atoms with Crippen molar-refractivity contribution in [3.05, 3.63) is 18.0 Å². The second kappa shape index (κ2) is 4.57. The molecular formula is C12H18F3N3. The van der Waals surface area contributed by atoms with E-state index >= 15 is 0 Å². The molecule has 0 amide bonds. The van der Waals surface area contributed by atoms with Gasteiger partial charge in [-0.3, -0.25) is 4.68 Å². The Labute approximate surface area is 104 Å². The molecule has 102 valence electrons. The Balaban J connectivity index is 2.23. The Bertz CT molecular complexity index is 401. The van der Waals surface area contributed by atoms with Crippen LogP contribution in [0, 0.1) is 11.8 Å². The van der Waals surface area contributed by atoms with Crippen molar-refractivity contribution in [1.82, 2.24) is 9.78 Å². The third-order valence-electron chi connectivity index (χ3n) is 3.67. The van der Waals surface area contributed by atoms with Gasteiger partial charge in [0.1, 0.15) is 0 Å². The van der Waals surface area contributed by atoms with Crippen LogP contribution in [0.5, 0.6) is 0 Å². The van der Waals surface area contributed by atoms with Gasteiger partial charge in [-0.25, -0.2) is 0 Å². The second-order valence-corrected chi connectivity index (χ2v) is 5.39. The van der Waals surface area contributed by atoms with Crippen LogP contribution in [-0.2, 0) is 6.18 Å². The van der Waals surface area contributed by atoms with Crippen molar-refractivity contribution in [3.63, 3.8) is 0 Å². The molecule has 3 nitrogen and oxygen atoms in total. The van der Waals surface area contributed by atoms with Crippen molar-refractivity contribution in [2.75, 3.05) is 0 Å². The summed E-state index contributed by atoms with van der Waals surface area (Å²) in [5.41, 5.74) is 5.22. The van der Waals surface area contributed by atoms with Crippen LogP contribution >= 0.6 is 0 Å².